The lowest BCUT2D eigenvalue weighted by molar-refractivity contribution is -0.140. The summed E-state index contributed by atoms with van der Waals surface area (Å²) in [4.78, 5) is 30.4. The lowest BCUT2D eigenvalue weighted by atomic mass is 10.3. The van der Waals surface area contributed by atoms with Gasteiger partial charge in [0.1, 0.15) is 17.4 Å². The number of carbonyl (C=O) groups excluding carboxylic acids is 1. The van der Waals surface area contributed by atoms with E-state index in [-0.39, 0.29) is 11.7 Å². The second-order valence-corrected chi connectivity index (χ2v) is 6.07. The predicted molar refractivity (Wildman–Crippen MR) is 78.1 cm³/mol. The molecular formula is C12H13N3O3S2. The molecule has 0 aromatic carbocycles. The quantitative estimate of drug-likeness (QED) is 0.645. The zero-order valence-electron chi connectivity index (χ0n) is 10.9. The molecule has 8 heteroatoms. The van der Waals surface area contributed by atoms with Crippen molar-refractivity contribution < 1.29 is 14.7 Å². The van der Waals surface area contributed by atoms with E-state index < -0.39 is 12.0 Å². The molecule has 0 aliphatic rings. The number of aryl methyl sites for hydroxylation is 1. The van der Waals surface area contributed by atoms with Gasteiger partial charge in [0.2, 0.25) is 5.91 Å². The summed E-state index contributed by atoms with van der Waals surface area (Å²) in [6.07, 6.45) is 1.47. The van der Waals surface area contributed by atoms with Crippen LogP contribution >= 0.6 is 23.1 Å². The Balaban J connectivity index is 2.15. The van der Waals surface area contributed by atoms with Crippen molar-refractivity contribution in [3.8, 4) is 0 Å². The Morgan fingerprint density at radius 3 is 2.90 bits per heavy atom. The minimum atomic E-state index is -1.06. The molecule has 0 saturated heterocycles. The second-order valence-electron chi connectivity index (χ2n) is 4.18. The van der Waals surface area contributed by atoms with Gasteiger partial charge in [0.15, 0.2) is 0 Å². The number of carboxylic acids is 1. The van der Waals surface area contributed by atoms with Gasteiger partial charge in [0.25, 0.3) is 0 Å². The smallest absolute Gasteiger partial charge is 0.327 e. The van der Waals surface area contributed by atoms with Crippen molar-refractivity contribution in [2.24, 2.45) is 0 Å². The van der Waals surface area contributed by atoms with E-state index in [1.165, 1.54) is 36.3 Å². The van der Waals surface area contributed by atoms with Gasteiger partial charge in [0, 0.05) is 12.7 Å². The Labute approximate surface area is 123 Å². The molecule has 1 amide bonds. The summed E-state index contributed by atoms with van der Waals surface area (Å²) in [5, 5.41) is 14.2. The van der Waals surface area contributed by atoms with Crippen molar-refractivity contribution in [2.45, 2.75) is 24.9 Å². The molecule has 2 heterocycles. The number of thioether (sulfide) groups is 1. The van der Waals surface area contributed by atoms with E-state index in [9.17, 15) is 9.59 Å². The van der Waals surface area contributed by atoms with Crippen LogP contribution in [0, 0.1) is 6.92 Å². The summed E-state index contributed by atoms with van der Waals surface area (Å²) in [5.41, 5.74) is 1.96. The fourth-order valence-electron chi connectivity index (χ4n) is 1.63. The highest BCUT2D eigenvalue weighted by Crippen LogP contribution is 2.31. The highest BCUT2D eigenvalue weighted by Gasteiger charge is 2.20. The number of thiophene rings is 1. The van der Waals surface area contributed by atoms with Gasteiger partial charge in [-0.2, -0.15) is 0 Å². The molecular weight excluding hydrogens is 298 g/mol. The number of fused-ring (bicyclic) bond motifs is 1. The van der Waals surface area contributed by atoms with Crippen LogP contribution in [0.4, 0.5) is 0 Å². The molecule has 0 bridgehead atoms. The Kier molecular flexibility index (Phi) is 4.56. The molecule has 2 N–H and O–H groups in total. The van der Waals surface area contributed by atoms with E-state index >= 15 is 0 Å². The Morgan fingerprint density at radius 1 is 1.50 bits per heavy atom. The molecule has 1 atom stereocenters. The van der Waals surface area contributed by atoms with Gasteiger partial charge < -0.3 is 10.4 Å². The Hall–Kier alpha value is -1.67. The summed E-state index contributed by atoms with van der Waals surface area (Å²) in [5.74, 6) is -1.20. The summed E-state index contributed by atoms with van der Waals surface area (Å²) in [6, 6.07) is -0.927. The number of hydrogen-bond acceptors (Lipinski definition) is 6. The first-order valence-electron chi connectivity index (χ1n) is 5.80. The van der Waals surface area contributed by atoms with E-state index in [0.717, 1.165) is 20.8 Å². The lowest BCUT2D eigenvalue weighted by Gasteiger charge is -2.12. The monoisotopic (exact) mass is 311 g/mol. The maximum atomic E-state index is 11.1. The Bertz CT molecular complexity index is 656. The minimum Gasteiger partial charge on any atom is -0.480 e. The van der Waals surface area contributed by atoms with Crippen molar-refractivity contribution in [3.05, 3.63) is 17.3 Å². The van der Waals surface area contributed by atoms with E-state index in [0.29, 0.717) is 0 Å². The molecule has 0 unspecified atom stereocenters. The van der Waals surface area contributed by atoms with Crippen LogP contribution in [0.25, 0.3) is 10.2 Å². The molecule has 2 aromatic rings. The number of nitrogens with zero attached hydrogens (tertiary/aromatic N) is 2. The standard InChI is InChI=1S/C12H13N3O3S2/c1-6-3-19-10-9(6)13-5-14-11(10)20-4-8(12(17)18)15-7(2)16/h3,5,8H,4H2,1-2H3,(H,15,16)(H,17,18)/t8-/m0/s1. The number of carbonyl (C=O) groups is 2. The number of carboxylic acid groups (broad SMARTS) is 1. The molecule has 2 aromatic heterocycles. The summed E-state index contributed by atoms with van der Waals surface area (Å²) in [7, 11) is 0. The van der Waals surface area contributed by atoms with Crippen molar-refractivity contribution >= 4 is 45.2 Å². The third-order valence-corrected chi connectivity index (χ3v) is 4.87. The minimum absolute atomic E-state index is 0.220. The third-order valence-electron chi connectivity index (χ3n) is 2.56. The van der Waals surface area contributed by atoms with Crippen LogP contribution in [0.3, 0.4) is 0 Å². The van der Waals surface area contributed by atoms with Gasteiger partial charge in [-0.15, -0.1) is 23.1 Å². The molecule has 0 aliphatic heterocycles. The second kappa shape index (κ2) is 6.19. The van der Waals surface area contributed by atoms with Crippen LogP contribution in [-0.4, -0.2) is 38.7 Å². The van der Waals surface area contributed by atoms with Crippen LogP contribution in [-0.2, 0) is 9.59 Å². The molecule has 0 spiro atoms. The first kappa shape index (κ1) is 14.7. The van der Waals surface area contributed by atoms with Crippen molar-refractivity contribution in [1.82, 2.24) is 15.3 Å². The zero-order chi connectivity index (χ0) is 14.7. The number of aliphatic carboxylic acids is 1. The van der Waals surface area contributed by atoms with Crippen molar-refractivity contribution in [3.63, 3.8) is 0 Å². The van der Waals surface area contributed by atoms with Crippen molar-refractivity contribution in [2.75, 3.05) is 5.75 Å². The summed E-state index contributed by atoms with van der Waals surface area (Å²) < 4.78 is 0.946. The largest absolute Gasteiger partial charge is 0.480 e. The highest BCUT2D eigenvalue weighted by molar-refractivity contribution is 7.99. The Morgan fingerprint density at radius 2 is 2.25 bits per heavy atom. The number of hydrogen-bond donors (Lipinski definition) is 2. The van der Waals surface area contributed by atoms with E-state index in [4.69, 9.17) is 5.11 Å². The van der Waals surface area contributed by atoms with Crippen LogP contribution in [0.5, 0.6) is 0 Å². The average molecular weight is 311 g/mol. The number of rotatable bonds is 5. The molecule has 2 rings (SSSR count). The zero-order valence-corrected chi connectivity index (χ0v) is 12.5. The van der Waals surface area contributed by atoms with Crippen LogP contribution in [0.1, 0.15) is 12.5 Å². The third kappa shape index (κ3) is 3.26. The number of nitrogens with one attached hydrogen (secondary N) is 1. The maximum absolute atomic E-state index is 11.1. The predicted octanol–water partition coefficient (Wildman–Crippen LogP) is 1.68. The molecule has 0 saturated carbocycles. The van der Waals surface area contributed by atoms with Gasteiger partial charge in [-0.05, 0) is 17.9 Å². The first-order chi connectivity index (χ1) is 9.49. The maximum Gasteiger partial charge on any atom is 0.327 e. The summed E-state index contributed by atoms with van der Waals surface area (Å²) in [6.45, 7) is 3.27. The van der Waals surface area contributed by atoms with E-state index in [1.54, 1.807) is 0 Å². The fraction of sp³-hybridized carbons (Fsp3) is 0.333. The van der Waals surface area contributed by atoms with Gasteiger partial charge in [-0.25, -0.2) is 14.8 Å². The van der Waals surface area contributed by atoms with Gasteiger partial charge in [-0.3, -0.25) is 4.79 Å². The molecule has 6 nitrogen and oxygen atoms in total. The molecule has 20 heavy (non-hydrogen) atoms. The number of amides is 1. The number of aromatic nitrogens is 2. The van der Waals surface area contributed by atoms with Gasteiger partial charge in [-0.1, -0.05) is 0 Å². The normalized spacial score (nSPS) is 12.3. The highest BCUT2D eigenvalue weighted by atomic mass is 32.2. The molecule has 0 aliphatic carbocycles. The van der Waals surface area contributed by atoms with Crippen molar-refractivity contribution in [1.29, 1.82) is 0 Å². The van der Waals surface area contributed by atoms with Gasteiger partial charge in [0.05, 0.1) is 10.2 Å². The molecule has 0 fully saturated rings. The van der Waals surface area contributed by atoms with Crippen LogP contribution in [0.2, 0.25) is 0 Å². The topological polar surface area (TPSA) is 92.2 Å². The lowest BCUT2D eigenvalue weighted by Crippen LogP contribution is -2.41. The average Bonchev–Trinajstić information content (AvgIpc) is 2.76. The molecule has 0 radical (unpaired) electrons. The fourth-order valence-corrected chi connectivity index (χ4v) is 3.74. The molecule has 106 valence electrons. The first-order valence-corrected chi connectivity index (χ1v) is 7.67. The van der Waals surface area contributed by atoms with Crippen LogP contribution in [0.15, 0.2) is 16.7 Å². The van der Waals surface area contributed by atoms with Crippen LogP contribution < -0.4 is 5.32 Å². The summed E-state index contributed by atoms with van der Waals surface area (Å²) >= 11 is 2.84. The van der Waals surface area contributed by atoms with Gasteiger partial charge >= 0.3 is 5.97 Å². The van der Waals surface area contributed by atoms with E-state index in [1.807, 2.05) is 12.3 Å². The van der Waals surface area contributed by atoms with E-state index in [2.05, 4.69) is 15.3 Å². The SMILES string of the molecule is CC(=O)N[C@@H](CSc1ncnc2c(C)csc12)C(=O)O.